The molecule has 2 atom stereocenters. The molecular weight excluding hydrogens is 395 g/mol. The predicted molar refractivity (Wildman–Crippen MR) is 114 cm³/mol. The topological polar surface area (TPSA) is 97.7 Å². The molecule has 158 valence electrons. The number of halogens is 1. The van der Waals surface area contributed by atoms with Gasteiger partial charge in [0.15, 0.2) is 0 Å². The van der Waals surface area contributed by atoms with Gasteiger partial charge in [-0.25, -0.2) is 14.4 Å². The predicted octanol–water partition coefficient (Wildman–Crippen LogP) is 3.45. The summed E-state index contributed by atoms with van der Waals surface area (Å²) in [6.45, 7) is 3.39. The maximum Gasteiger partial charge on any atom is 0.224 e. The van der Waals surface area contributed by atoms with Gasteiger partial charge in [-0.3, -0.25) is 4.79 Å². The van der Waals surface area contributed by atoms with Crippen molar-refractivity contribution in [1.29, 1.82) is 5.26 Å². The Kier molecular flexibility index (Phi) is 4.62. The van der Waals surface area contributed by atoms with E-state index in [1.54, 1.807) is 12.4 Å². The highest BCUT2D eigenvalue weighted by Crippen LogP contribution is 2.56. The highest BCUT2D eigenvalue weighted by atomic mass is 19.1. The lowest BCUT2D eigenvalue weighted by Crippen LogP contribution is -2.48. The summed E-state index contributed by atoms with van der Waals surface area (Å²) >= 11 is 0. The zero-order valence-electron chi connectivity index (χ0n) is 17.2. The van der Waals surface area contributed by atoms with Crippen molar-refractivity contribution in [2.45, 2.75) is 32.2 Å². The first kappa shape index (κ1) is 19.5. The van der Waals surface area contributed by atoms with Crippen LogP contribution in [0, 0.1) is 28.5 Å². The maximum absolute atomic E-state index is 14.0. The molecule has 1 saturated heterocycles. The molecule has 2 aromatic heterocycles. The van der Waals surface area contributed by atoms with Gasteiger partial charge in [0.05, 0.1) is 17.0 Å². The number of aromatic nitrogens is 3. The number of aromatic amines is 1. The van der Waals surface area contributed by atoms with Crippen LogP contribution in [-0.2, 0) is 4.79 Å². The molecule has 8 heteroatoms. The van der Waals surface area contributed by atoms with Gasteiger partial charge in [-0.1, -0.05) is 6.07 Å². The Bertz CT molecular complexity index is 1190. The molecule has 5 rings (SSSR count). The van der Waals surface area contributed by atoms with Crippen LogP contribution in [0.3, 0.4) is 0 Å². The fourth-order valence-corrected chi connectivity index (χ4v) is 4.82. The van der Waals surface area contributed by atoms with E-state index in [2.05, 4.69) is 25.2 Å². The smallest absolute Gasteiger partial charge is 0.224 e. The SMILES string of the molecule is C[C@H](NC(=O)C1CCN(c2ncnc3[nH]ccc23)CC12CC2)c1ccc(C#N)c(F)c1. The second-order valence-electron chi connectivity index (χ2n) is 8.64. The van der Waals surface area contributed by atoms with E-state index in [1.807, 2.05) is 25.3 Å². The van der Waals surface area contributed by atoms with Gasteiger partial charge in [-0.2, -0.15) is 5.26 Å². The fourth-order valence-electron chi connectivity index (χ4n) is 4.82. The number of piperidine rings is 1. The van der Waals surface area contributed by atoms with Gasteiger partial charge in [0.2, 0.25) is 5.91 Å². The zero-order chi connectivity index (χ0) is 21.6. The second-order valence-corrected chi connectivity index (χ2v) is 8.64. The maximum atomic E-state index is 14.0. The lowest BCUT2D eigenvalue weighted by molar-refractivity contribution is -0.128. The number of hydrogen-bond acceptors (Lipinski definition) is 5. The van der Waals surface area contributed by atoms with E-state index in [4.69, 9.17) is 5.26 Å². The van der Waals surface area contributed by atoms with Gasteiger partial charge in [0.1, 0.15) is 29.7 Å². The van der Waals surface area contributed by atoms with Gasteiger partial charge < -0.3 is 15.2 Å². The quantitative estimate of drug-likeness (QED) is 0.676. The third-order valence-corrected chi connectivity index (χ3v) is 6.75. The molecule has 1 aliphatic carbocycles. The molecule has 1 unspecified atom stereocenters. The van der Waals surface area contributed by atoms with Crippen LogP contribution >= 0.6 is 0 Å². The Morgan fingerprint density at radius 3 is 2.97 bits per heavy atom. The molecule has 3 aromatic rings. The summed E-state index contributed by atoms with van der Waals surface area (Å²) in [6, 6.07) is 7.96. The van der Waals surface area contributed by atoms with Gasteiger partial charge >= 0.3 is 0 Å². The second kappa shape index (κ2) is 7.34. The van der Waals surface area contributed by atoms with Crippen LogP contribution in [0.25, 0.3) is 11.0 Å². The molecule has 1 spiro atoms. The summed E-state index contributed by atoms with van der Waals surface area (Å²) in [5, 5.41) is 13.0. The highest BCUT2D eigenvalue weighted by molar-refractivity contribution is 5.88. The molecule has 1 aliphatic heterocycles. The van der Waals surface area contributed by atoms with Crippen molar-refractivity contribution in [3.63, 3.8) is 0 Å². The first-order valence-electron chi connectivity index (χ1n) is 10.5. The summed E-state index contributed by atoms with van der Waals surface area (Å²) in [4.78, 5) is 27.3. The molecule has 2 N–H and O–H groups in total. The lowest BCUT2D eigenvalue weighted by Gasteiger charge is -2.39. The highest BCUT2D eigenvalue weighted by Gasteiger charge is 2.55. The van der Waals surface area contributed by atoms with Crippen molar-refractivity contribution in [2.24, 2.45) is 11.3 Å². The third-order valence-electron chi connectivity index (χ3n) is 6.75. The van der Waals surface area contributed by atoms with E-state index in [1.165, 1.54) is 12.1 Å². The van der Waals surface area contributed by atoms with E-state index in [-0.39, 0.29) is 28.8 Å². The van der Waals surface area contributed by atoms with Gasteiger partial charge in [0, 0.05) is 25.2 Å². The van der Waals surface area contributed by atoms with Crippen molar-refractivity contribution in [3.8, 4) is 6.07 Å². The Morgan fingerprint density at radius 1 is 1.39 bits per heavy atom. The fraction of sp³-hybridized carbons (Fsp3) is 0.391. The molecule has 31 heavy (non-hydrogen) atoms. The van der Waals surface area contributed by atoms with E-state index in [0.29, 0.717) is 5.56 Å². The Balaban J connectivity index is 1.30. The van der Waals surface area contributed by atoms with Crippen molar-refractivity contribution in [1.82, 2.24) is 20.3 Å². The van der Waals surface area contributed by atoms with Crippen molar-refractivity contribution < 1.29 is 9.18 Å². The van der Waals surface area contributed by atoms with E-state index in [9.17, 15) is 9.18 Å². The van der Waals surface area contributed by atoms with Crippen molar-refractivity contribution >= 4 is 22.8 Å². The molecule has 2 aliphatic rings. The van der Waals surface area contributed by atoms with Crippen molar-refractivity contribution in [3.05, 3.63) is 53.7 Å². The van der Waals surface area contributed by atoms with E-state index in [0.717, 1.165) is 49.2 Å². The van der Waals surface area contributed by atoms with Crippen LogP contribution in [0.15, 0.2) is 36.8 Å². The number of anilines is 1. The van der Waals surface area contributed by atoms with Gasteiger partial charge in [0.25, 0.3) is 0 Å². The number of fused-ring (bicyclic) bond motifs is 1. The number of nitrogens with zero attached hydrogens (tertiary/aromatic N) is 4. The number of hydrogen-bond donors (Lipinski definition) is 2. The molecule has 2 fully saturated rings. The van der Waals surface area contributed by atoms with Crippen LogP contribution in [0.5, 0.6) is 0 Å². The average Bonchev–Trinajstić information content (AvgIpc) is 3.34. The summed E-state index contributed by atoms with van der Waals surface area (Å²) < 4.78 is 14.0. The monoisotopic (exact) mass is 418 g/mol. The summed E-state index contributed by atoms with van der Waals surface area (Å²) in [6.07, 6.45) is 6.22. The summed E-state index contributed by atoms with van der Waals surface area (Å²) in [7, 11) is 0. The minimum Gasteiger partial charge on any atom is -0.355 e. The molecular formula is C23H23FN6O. The van der Waals surface area contributed by atoms with Gasteiger partial charge in [-0.15, -0.1) is 0 Å². The number of nitrogens with one attached hydrogen (secondary N) is 2. The number of rotatable bonds is 4. The summed E-state index contributed by atoms with van der Waals surface area (Å²) in [5.41, 5.74) is 1.44. The van der Waals surface area contributed by atoms with Crippen LogP contribution in [0.2, 0.25) is 0 Å². The van der Waals surface area contributed by atoms with Crippen LogP contribution in [0.1, 0.15) is 43.4 Å². The minimum absolute atomic E-state index is 0.00725. The van der Waals surface area contributed by atoms with Crippen LogP contribution in [-0.4, -0.2) is 33.9 Å². The molecule has 7 nitrogen and oxygen atoms in total. The van der Waals surface area contributed by atoms with E-state index < -0.39 is 5.82 Å². The number of carbonyl (C=O) groups excluding carboxylic acids is 1. The molecule has 3 heterocycles. The molecule has 1 saturated carbocycles. The van der Waals surface area contributed by atoms with E-state index >= 15 is 0 Å². The van der Waals surface area contributed by atoms with Crippen LogP contribution < -0.4 is 10.2 Å². The number of nitriles is 1. The number of carbonyl (C=O) groups is 1. The van der Waals surface area contributed by atoms with Crippen LogP contribution in [0.4, 0.5) is 10.2 Å². The standard InChI is InChI=1S/C23H23FN6O/c1-14(15-2-3-16(11-25)19(24)10-15)29-22(31)18-5-9-30(12-23(18)6-7-23)21-17-4-8-26-20(17)27-13-28-21/h2-4,8,10,13-14,18H,5-7,9,12H2,1H3,(H,29,31)(H,26,27,28)/t14-,18?/m0/s1. The lowest BCUT2D eigenvalue weighted by atomic mass is 9.81. The molecule has 0 radical (unpaired) electrons. The Morgan fingerprint density at radius 2 is 2.23 bits per heavy atom. The number of benzene rings is 1. The molecule has 1 aromatic carbocycles. The minimum atomic E-state index is -0.561. The normalized spacial score (nSPS) is 20.4. The zero-order valence-corrected chi connectivity index (χ0v) is 17.2. The molecule has 0 bridgehead atoms. The largest absolute Gasteiger partial charge is 0.355 e. The Hall–Kier alpha value is -3.47. The van der Waals surface area contributed by atoms with Crippen molar-refractivity contribution in [2.75, 3.05) is 18.0 Å². The molecule has 1 amide bonds. The average molecular weight is 418 g/mol. The number of amides is 1. The summed E-state index contributed by atoms with van der Waals surface area (Å²) in [5.74, 6) is 0.300. The Labute approximate surface area is 179 Å². The third kappa shape index (κ3) is 3.40. The first-order valence-corrected chi connectivity index (χ1v) is 10.5. The van der Waals surface area contributed by atoms with Gasteiger partial charge in [-0.05, 0) is 55.4 Å². The number of H-pyrrole nitrogens is 1. The first-order chi connectivity index (χ1) is 15.0.